The van der Waals surface area contributed by atoms with Crippen molar-refractivity contribution in [2.24, 2.45) is 11.7 Å². The maximum Gasteiger partial charge on any atom is 0.261 e. The lowest BCUT2D eigenvalue weighted by molar-refractivity contribution is 0.0939. The second kappa shape index (κ2) is 11.2. The van der Waals surface area contributed by atoms with Crippen molar-refractivity contribution in [1.29, 1.82) is 0 Å². The molecule has 2 amide bonds. The van der Waals surface area contributed by atoms with Crippen LogP contribution in [0.15, 0.2) is 72.9 Å². The summed E-state index contributed by atoms with van der Waals surface area (Å²) in [6.07, 6.45) is 4.33. The molecule has 0 saturated carbocycles. The van der Waals surface area contributed by atoms with Crippen molar-refractivity contribution >= 4 is 34.2 Å². The lowest BCUT2D eigenvalue weighted by Crippen LogP contribution is -2.26. The predicted octanol–water partition coefficient (Wildman–Crippen LogP) is 7.23. The molecule has 5 aromatic rings. The Balaban J connectivity index is 1.43. The number of carbonyl (C=O) groups is 2. The number of aryl methyl sites for hydroxylation is 1. The maximum atomic E-state index is 13.6. The van der Waals surface area contributed by atoms with Crippen LogP contribution < -0.4 is 11.1 Å². The van der Waals surface area contributed by atoms with Crippen molar-refractivity contribution in [3.05, 3.63) is 112 Å². The second-order valence-corrected chi connectivity index (χ2v) is 12.5. The zero-order valence-electron chi connectivity index (χ0n) is 23.9. The van der Waals surface area contributed by atoms with Crippen LogP contribution in [0.2, 0.25) is 0 Å². The molecule has 0 radical (unpaired) electrons. The number of hydrogen-bond donors (Lipinski definition) is 2. The summed E-state index contributed by atoms with van der Waals surface area (Å²) in [6.45, 7) is 6.18. The number of amides is 2. The van der Waals surface area contributed by atoms with Crippen LogP contribution in [0, 0.1) is 11.7 Å². The number of nitrogens with two attached hydrogens (primary N) is 1. The lowest BCUT2D eigenvalue weighted by Gasteiger charge is -2.18. The fraction of sp³-hybridized carbons (Fsp3) is 0.265. The first-order valence-electron chi connectivity index (χ1n) is 14.3. The molecule has 0 spiro atoms. The van der Waals surface area contributed by atoms with E-state index in [1.54, 1.807) is 12.1 Å². The predicted molar refractivity (Wildman–Crippen MR) is 165 cm³/mol. The first-order chi connectivity index (χ1) is 20.2. The molecule has 0 bridgehead atoms. The van der Waals surface area contributed by atoms with E-state index in [-0.39, 0.29) is 29.7 Å². The summed E-state index contributed by atoms with van der Waals surface area (Å²) in [4.78, 5) is 32.7. The smallest absolute Gasteiger partial charge is 0.261 e. The molecular weight excluding hydrogens is 547 g/mol. The highest BCUT2D eigenvalue weighted by Gasteiger charge is 2.27. The van der Waals surface area contributed by atoms with Crippen molar-refractivity contribution in [2.75, 3.05) is 0 Å². The van der Waals surface area contributed by atoms with E-state index < -0.39 is 5.91 Å². The van der Waals surface area contributed by atoms with Gasteiger partial charge in [-0.05, 0) is 79.1 Å². The summed E-state index contributed by atoms with van der Waals surface area (Å²) >= 11 is 1.35. The van der Waals surface area contributed by atoms with Crippen molar-refractivity contribution in [2.45, 2.75) is 52.1 Å². The molecule has 6 rings (SSSR count). The van der Waals surface area contributed by atoms with Gasteiger partial charge in [-0.1, -0.05) is 50.2 Å². The topological polar surface area (TPSA) is 90.0 Å². The highest BCUT2D eigenvalue weighted by atomic mass is 32.1. The molecular formula is C34H33FN4O2S. The van der Waals surface area contributed by atoms with E-state index in [1.165, 1.54) is 34.6 Å². The molecule has 8 heteroatoms. The quantitative estimate of drug-likeness (QED) is 0.203. The molecule has 42 heavy (non-hydrogen) atoms. The Morgan fingerprint density at radius 1 is 1.07 bits per heavy atom. The van der Waals surface area contributed by atoms with Gasteiger partial charge in [0.05, 0.1) is 28.2 Å². The van der Waals surface area contributed by atoms with Crippen LogP contribution in [-0.4, -0.2) is 21.4 Å². The number of nitrogens with zero attached hydrogens (tertiary/aromatic N) is 2. The first-order valence-corrected chi connectivity index (χ1v) is 15.1. The molecule has 0 saturated heterocycles. The van der Waals surface area contributed by atoms with Gasteiger partial charge in [-0.15, -0.1) is 11.3 Å². The minimum atomic E-state index is -0.545. The average molecular weight is 581 g/mol. The Labute approximate surface area is 248 Å². The van der Waals surface area contributed by atoms with E-state index >= 15 is 0 Å². The Kier molecular flexibility index (Phi) is 7.41. The van der Waals surface area contributed by atoms with E-state index in [1.807, 2.05) is 48.0 Å². The molecule has 2 aromatic carbocycles. The van der Waals surface area contributed by atoms with Crippen molar-refractivity contribution in [3.63, 3.8) is 0 Å². The maximum absolute atomic E-state index is 13.6. The van der Waals surface area contributed by atoms with Gasteiger partial charge in [0.2, 0.25) is 0 Å². The number of nitrogens with one attached hydrogen (secondary N) is 1. The summed E-state index contributed by atoms with van der Waals surface area (Å²) in [6, 6.07) is 20.2. The normalized spacial score (nSPS) is 15.2. The van der Waals surface area contributed by atoms with Gasteiger partial charge in [0.1, 0.15) is 11.5 Å². The van der Waals surface area contributed by atoms with Gasteiger partial charge in [-0.3, -0.25) is 9.59 Å². The molecule has 0 fully saturated rings. The minimum absolute atomic E-state index is 0.0207. The molecule has 1 aliphatic rings. The molecule has 0 aliphatic heterocycles. The van der Waals surface area contributed by atoms with Crippen LogP contribution in [0.3, 0.4) is 0 Å². The van der Waals surface area contributed by atoms with E-state index in [4.69, 9.17) is 10.7 Å². The zero-order valence-corrected chi connectivity index (χ0v) is 24.7. The molecule has 2 atom stereocenters. The van der Waals surface area contributed by atoms with Crippen LogP contribution in [0.5, 0.6) is 0 Å². The summed E-state index contributed by atoms with van der Waals surface area (Å²) in [7, 11) is 0. The number of fused-ring (bicyclic) bond motifs is 2. The number of carbonyl (C=O) groups excluding carboxylic acids is 2. The van der Waals surface area contributed by atoms with Gasteiger partial charge in [0, 0.05) is 22.0 Å². The summed E-state index contributed by atoms with van der Waals surface area (Å²) in [5.41, 5.74) is 11.8. The second-order valence-electron chi connectivity index (χ2n) is 11.4. The summed E-state index contributed by atoms with van der Waals surface area (Å²) in [5, 5.41) is 3.99. The molecule has 214 valence electrons. The third-order valence-corrected chi connectivity index (χ3v) is 9.17. The number of thiophene rings is 1. The van der Waals surface area contributed by atoms with Crippen LogP contribution in [0.1, 0.15) is 81.7 Å². The Hall–Kier alpha value is -4.30. The number of pyridine rings is 1. The minimum Gasteiger partial charge on any atom is -0.366 e. The summed E-state index contributed by atoms with van der Waals surface area (Å²) in [5.74, 6) is -0.735. The molecule has 3 N–H and O–H groups in total. The highest BCUT2D eigenvalue weighted by molar-refractivity contribution is 7.17. The Bertz CT molecular complexity index is 1800. The third kappa shape index (κ3) is 5.11. The van der Waals surface area contributed by atoms with Gasteiger partial charge in [0.15, 0.2) is 0 Å². The number of benzene rings is 2. The van der Waals surface area contributed by atoms with Crippen LogP contribution in [0.4, 0.5) is 4.39 Å². The Morgan fingerprint density at radius 3 is 2.57 bits per heavy atom. The largest absolute Gasteiger partial charge is 0.366 e. The van der Waals surface area contributed by atoms with Crippen molar-refractivity contribution in [3.8, 4) is 10.4 Å². The SMILES string of the molecule is CC(C)Cc1nc2c(ccn2[C@H](C)c2ccc(F)cc2)c(-c2ccc(C(=O)NC3CCc4ccccc43)s2)c1C(N)=O. The van der Waals surface area contributed by atoms with Gasteiger partial charge in [-0.25, -0.2) is 9.37 Å². The molecule has 6 nitrogen and oxygen atoms in total. The number of halogens is 1. The van der Waals surface area contributed by atoms with Crippen LogP contribution in [-0.2, 0) is 12.8 Å². The van der Waals surface area contributed by atoms with Crippen molar-refractivity contribution in [1.82, 2.24) is 14.9 Å². The van der Waals surface area contributed by atoms with E-state index in [9.17, 15) is 14.0 Å². The standard InChI is InChI=1S/C34H33FN4O2S/c1-19(2)18-27-31(32(36)40)30(25-16-17-39(33(25)37-27)20(3)21-8-11-23(35)12-9-21)28-14-15-29(42-28)34(41)38-26-13-10-22-6-4-5-7-24(22)26/h4-9,11-12,14-17,19-20,26H,10,13,18H2,1-3H3,(H2,36,40)(H,38,41)/t20-,26?/m1/s1. The van der Waals surface area contributed by atoms with Gasteiger partial charge >= 0.3 is 0 Å². The molecule has 3 aromatic heterocycles. The zero-order chi connectivity index (χ0) is 29.5. The Morgan fingerprint density at radius 2 is 1.83 bits per heavy atom. The molecule has 3 heterocycles. The van der Waals surface area contributed by atoms with E-state index in [2.05, 4.69) is 31.3 Å². The van der Waals surface area contributed by atoms with Gasteiger partial charge in [-0.2, -0.15) is 0 Å². The summed E-state index contributed by atoms with van der Waals surface area (Å²) < 4.78 is 15.7. The molecule has 1 unspecified atom stereocenters. The van der Waals surface area contributed by atoms with Crippen LogP contribution >= 0.6 is 11.3 Å². The first kappa shape index (κ1) is 27.8. The highest BCUT2D eigenvalue weighted by Crippen LogP contribution is 2.40. The van der Waals surface area contributed by atoms with Crippen LogP contribution in [0.25, 0.3) is 21.5 Å². The fourth-order valence-corrected chi connectivity index (χ4v) is 6.99. The third-order valence-electron chi connectivity index (χ3n) is 8.07. The van der Waals surface area contributed by atoms with Gasteiger partial charge in [0.25, 0.3) is 11.8 Å². The monoisotopic (exact) mass is 580 g/mol. The van der Waals surface area contributed by atoms with E-state index in [0.717, 1.165) is 28.7 Å². The number of primary amides is 1. The molecule has 1 aliphatic carbocycles. The number of aromatic nitrogens is 2. The lowest BCUT2D eigenvalue weighted by atomic mass is 9.96. The number of rotatable bonds is 8. The number of hydrogen-bond acceptors (Lipinski definition) is 4. The van der Waals surface area contributed by atoms with E-state index in [0.29, 0.717) is 33.8 Å². The van der Waals surface area contributed by atoms with Crippen molar-refractivity contribution < 1.29 is 14.0 Å². The fourth-order valence-electron chi connectivity index (χ4n) is 6.02. The van der Waals surface area contributed by atoms with Gasteiger partial charge < -0.3 is 15.6 Å². The average Bonchev–Trinajstić information content (AvgIpc) is 3.71.